The molecule has 0 aliphatic heterocycles. The molecule has 0 saturated heterocycles. The molecule has 2 aromatic carbocycles. The summed E-state index contributed by atoms with van der Waals surface area (Å²) in [6.07, 6.45) is 0. The standard InChI is InChI=1S/C25H26N6O5/c1-3-31-24(34)18-12-8-7-11-17(18)19(29-31)22(32)27-21-20(26-15-16-9-5-4-6-10-16)23(33)28-25(35)30(21)13-14-36-2/h4-12,26H,3,13-15H2,1-2H3,(H,27,32)(H,28,33,35). The minimum atomic E-state index is -0.700. The van der Waals surface area contributed by atoms with E-state index >= 15 is 0 Å². The number of nitrogens with zero attached hydrogens (tertiary/aromatic N) is 3. The lowest BCUT2D eigenvalue weighted by Crippen LogP contribution is -2.36. The Morgan fingerprint density at radius 1 is 1.03 bits per heavy atom. The van der Waals surface area contributed by atoms with Crippen LogP contribution in [0.25, 0.3) is 10.8 Å². The first-order chi connectivity index (χ1) is 17.4. The van der Waals surface area contributed by atoms with Crippen molar-refractivity contribution in [2.24, 2.45) is 0 Å². The molecule has 2 aromatic heterocycles. The number of nitrogens with one attached hydrogen (secondary N) is 3. The molecule has 1 amide bonds. The van der Waals surface area contributed by atoms with E-state index in [1.165, 1.54) is 16.4 Å². The zero-order valence-corrected chi connectivity index (χ0v) is 19.9. The number of H-pyrrole nitrogens is 1. The molecular formula is C25H26N6O5. The van der Waals surface area contributed by atoms with Gasteiger partial charge in [0.15, 0.2) is 5.69 Å². The molecule has 11 heteroatoms. The van der Waals surface area contributed by atoms with Crippen molar-refractivity contribution in [1.29, 1.82) is 0 Å². The van der Waals surface area contributed by atoms with Gasteiger partial charge in [-0.1, -0.05) is 48.5 Å². The maximum atomic E-state index is 13.5. The normalized spacial score (nSPS) is 10.9. The number of hydrogen-bond acceptors (Lipinski definition) is 7. The van der Waals surface area contributed by atoms with E-state index in [0.717, 1.165) is 5.56 Å². The molecule has 36 heavy (non-hydrogen) atoms. The Balaban J connectivity index is 1.81. The SMILES string of the molecule is CCn1nc(C(=O)Nc2c(NCc3ccccc3)c(=O)[nH]c(=O)n2CCOC)c2ccccc2c1=O. The predicted molar refractivity (Wildman–Crippen MR) is 137 cm³/mol. The summed E-state index contributed by atoms with van der Waals surface area (Å²) in [5, 5.41) is 10.7. The van der Waals surface area contributed by atoms with Gasteiger partial charge < -0.3 is 15.4 Å². The van der Waals surface area contributed by atoms with Crippen molar-refractivity contribution in [3.05, 3.63) is 97.0 Å². The fraction of sp³-hybridized carbons (Fsp3) is 0.240. The Morgan fingerprint density at radius 2 is 1.72 bits per heavy atom. The van der Waals surface area contributed by atoms with Crippen molar-refractivity contribution in [3.63, 3.8) is 0 Å². The van der Waals surface area contributed by atoms with Gasteiger partial charge in [-0.25, -0.2) is 9.48 Å². The first kappa shape index (κ1) is 24.6. The van der Waals surface area contributed by atoms with E-state index in [0.29, 0.717) is 10.8 Å². The van der Waals surface area contributed by atoms with E-state index in [1.807, 2.05) is 30.3 Å². The average molecular weight is 491 g/mol. The fourth-order valence-corrected chi connectivity index (χ4v) is 3.83. The van der Waals surface area contributed by atoms with E-state index in [1.54, 1.807) is 31.2 Å². The average Bonchev–Trinajstić information content (AvgIpc) is 2.89. The summed E-state index contributed by atoms with van der Waals surface area (Å²) in [7, 11) is 1.48. The predicted octanol–water partition coefficient (Wildman–Crippen LogP) is 1.78. The van der Waals surface area contributed by atoms with Gasteiger partial charge in [0.2, 0.25) is 0 Å². The molecule has 4 aromatic rings. The fourth-order valence-electron chi connectivity index (χ4n) is 3.83. The van der Waals surface area contributed by atoms with Crippen LogP contribution in [0, 0.1) is 0 Å². The molecule has 0 aliphatic carbocycles. The largest absolute Gasteiger partial charge is 0.383 e. The highest BCUT2D eigenvalue weighted by atomic mass is 16.5. The van der Waals surface area contributed by atoms with Crippen molar-refractivity contribution >= 4 is 28.2 Å². The van der Waals surface area contributed by atoms with Gasteiger partial charge >= 0.3 is 5.69 Å². The summed E-state index contributed by atoms with van der Waals surface area (Å²) in [6.45, 7) is 2.52. The van der Waals surface area contributed by atoms with Crippen LogP contribution < -0.4 is 27.4 Å². The van der Waals surface area contributed by atoms with Crippen LogP contribution >= 0.6 is 0 Å². The van der Waals surface area contributed by atoms with E-state index < -0.39 is 17.2 Å². The third kappa shape index (κ3) is 4.96. The molecule has 0 fully saturated rings. The summed E-state index contributed by atoms with van der Waals surface area (Å²) in [6, 6.07) is 16.0. The van der Waals surface area contributed by atoms with Gasteiger partial charge in [-0.3, -0.25) is 23.9 Å². The highest BCUT2D eigenvalue weighted by molar-refractivity contribution is 6.11. The van der Waals surface area contributed by atoms with Crippen LogP contribution in [0.1, 0.15) is 23.0 Å². The van der Waals surface area contributed by atoms with E-state index in [9.17, 15) is 19.2 Å². The monoisotopic (exact) mass is 490 g/mol. The molecule has 0 unspecified atom stereocenters. The van der Waals surface area contributed by atoms with Gasteiger partial charge in [0, 0.05) is 25.6 Å². The van der Waals surface area contributed by atoms with Crippen LogP contribution in [0.2, 0.25) is 0 Å². The lowest BCUT2D eigenvalue weighted by Gasteiger charge is -2.18. The number of benzene rings is 2. The van der Waals surface area contributed by atoms with Crippen molar-refractivity contribution < 1.29 is 9.53 Å². The molecule has 4 rings (SSSR count). The van der Waals surface area contributed by atoms with Gasteiger partial charge in [-0.15, -0.1) is 0 Å². The number of aryl methyl sites for hydroxylation is 1. The third-order valence-electron chi connectivity index (χ3n) is 5.64. The summed E-state index contributed by atoms with van der Waals surface area (Å²) in [4.78, 5) is 54.0. The van der Waals surface area contributed by atoms with Gasteiger partial charge in [0.25, 0.3) is 17.0 Å². The molecule has 0 aliphatic rings. The van der Waals surface area contributed by atoms with Crippen LogP contribution in [0.4, 0.5) is 11.5 Å². The molecule has 186 valence electrons. The van der Waals surface area contributed by atoms with Crippen LogP contribution in [0.3, 0.4) is 0 Å². The number of methoxy groups -OCH3 is 1. The van der Waals surface area contributed by atoms with Crippen LogP contribution in [-0.4, -0.2) is 39.0 Å². The lowest BCUT2D eigenvalue weighted by molar-refractivity contribution is 0.102. The highest BCUT2D eigenvalue weighted by Crippen LogP contribution is 2.20. The zero-order chi connectivity index (χ0) is 25.7. The topological polar surface area (TPSA) is 140 Å². The summed E-state index contributed by atoms with van der Waals surface area (Å²) < 4.78 is 7.52. The minimum Gasteiger partial charge on any atom is -0.383 e. The second-order valence-corrected chi connectivity index (χ2v) is 7.94. The molecule has 0 spiro atoms. The number of ether oxygens (including phenoxy) is 1. The quantitative estimate of drug-likeness (QED) is 0.325. The second-order valence-electron chi connectivity index (χ2n) is 7.94. The number of aromatic amines is 1. The minimum absolute atomic E-state index is 0.00733. The number of anilines is 2. The van der Waals surface area contributed by atoms with Gasteiger partial charge in [-0.2, -0.15) is 5.10 Å². The Kier molecular flexibility index (Phi) is 7.40. The maximum absolute atomic E-state index is 13.5. The van der Waals surface area contributed by atoms with E-state index in [4.69, 9.17) is 4.74 Å². The molecule has 0 saturated carbocycles. The number of carbonyl (C=O) groups is 1. The second kappa shape index (κ2) is 10.8. The molecule has 0 bridgehead atoms. The Labute approximate surface area is 205 Å². The maximum Gasteiger partial charge on any atom is 0.330 e. The number of hydrogen-bond donors (Lipinski definition) is 3. The Hall–Kier alpha value is -4.51. The zero-order valence-electron chi connectivity index (χ0n) is 19.9. The molecule has 0 radical (unpaired) electrons. The number of amides is 1. The number of carbonyl (C=O) groups excluding carboxylic acids is 1. The molecule has 11 nitrogen and oxygen atoms in total. The van der Waals surface area contributed by atoms with Crippen LogP contribution in [0.15, 0.2) is 69.0 Å². The summed E-state index contributed by atoms with van der Waals surface area (Å²) in [5.41, 5.74) is -0.803. The van der Waals surface area contributed by atoms with Crippen LogP contribution in [0.5, 0.6) is 0 Å². The smallest absolute Gasteiger partial charge is 0.330 e. The lowest BCUT2D eigenvalue weighted by atomic mass is 10.1. The third-order valence-corrected chi connectivity index (χ3v) is 5.64. The first-order valence-corrected chi connectivity index (χ1v) is 11.4. The Morgan fingerprint density at radius 3 is 2.42 bits per heavy atom. The van der Waals surface area contributed by atoms with E-state index in [2.05, 4.69) is 20.7 Å². The molecule has 0 atom stereocenters. The van der Waals surface area contributed by atoms with Crippen molar-refractivity contribution in [3.8, 4) is 0 Å². The highest BCUT2D eigenvalue weighted by Gasteiger charge is 2.22. The molecule has 3 N–H and O–H groups in total. The van der Waals surface area contributed by atoms with Gasteiger partial charge in [0.05, 0.1) is 18.5 Å². The van der Waals surface area contributed by atoms with Gasteiger partial charge in [0.1, 0.15) is 11.5 Å². The summed E-state index contributed by atoms with van der Waals surface area (Å²) in [5.74, 6) is -0.700. The summed E-state index contributed by atoms with van der Waals surface area (Å²) >= 11 is 0. The molecule has 2 heterocycles. The Bertz CT molecular complexity index is 1570. The van der Waals surface area contributed by atoms with Crippen molar-refractivity contribution in [2.75, 3.05) is 24.4 Å². The van der Waals surface area contributed by atoms with Crippen molar-refractivity contribution in [2.45, 2.75) is 26.6 Å². The number of fused-ring (bicyclic) bond motifs is 1. The van der Waals surface area contributed by atoms with Crippen molar-refractivity contribution in [1.82, 2.24) is 19.3 Å². The van der Waals surface area contributed by atoms with E-state index in [-0.39, 0.29) is 49.0 Å². The van der Waals surface area contributed by atoms with Gasteiger partial charge in [-0.05, 0) is 18.6 Å². The number of aromatic nitrogens is 4. The van der Waals surface area contributed by atoms with Crippen LogP contribution in [-0.2, 0) is 24.4 Å². The first-order valence-electron chi connectivity index (χ1n) is 11.4. The number of rotatable bonds is 9. The molecular weight excluding hydrogens is 464 g/mol.